The molecule has 0 amide bonds. The summed E-state index contributed by atoms with van der Waals surface area (Å²) in [5.41, 5.74) is 3.95. The average molecular weight is 304 g/mol. The van der Waals surface area contributed by atoms with Gasteiger partial charge in [-0.2, -0.15) is 0 Å². The van der Waals surface area contributed by atoms with Crippen LogP contribution < -0.4 is 15.3 Å². The van der Waals surface area contributed by atoms with Crippen LogP contribution in [-0.4, -0.2) is 6.35 Å². The molecule has 0 fully saturated rings. The first-order chi connectivity index (χ1) is 10.8. The van der Waals surface area contributed by atoms with Gasteiger partial charge in [0.2, 0.25) is 0 Å². The van der Waals surface area contributed by atoms with Crippen LogP contribution in [0.25, 0.3) is 11.1 Å². The molecule has 3 aromatic rings. The Kier molecular flexibility index (Phi) is 3.44. The highest BCUT2D eigenvalue weighted by molar-refractivity contribution is 7.73. The van der Waals surface area contributed by atoms with Crippen LogP contribution in [0.4, 0.5) is 0 Å². The molecule has 1 aliphatic rings. The molecule has 1 heterocycles. The van der Waals surface area contributed by atoms with E-state index in [1.165, 1.54) is 27.3 Å². The zero-order valence-corrected chi connectivity index (χ0v) is 13.4. The molecule has 0 N–H and O–H groups in total. The molecule has 3 aromatic carbocycles. The van der Waals surface area contributed by atoms with E-state index in [9.17, 15) is 0 Å². The molecule has 1 aliphatic heterocycles. The number of rotatable bonds is 2. The van der Waals surface area contributed by atoms with Crippen molar-refractivity contribution in [2.75, 3.05) is 6.35 Å². The molecule has 0 saturated heterocycles. The van der Waals surface area contributed by atoms with E-state index >= 15 is 0 Å². The van der Waals surface area contributed by atoms with Gasteiger partial charge < -0.3 is 4.74 Å². The van der Waals surface area contributed by atoms with Crippen LogP contribution >= 0.6 is 7.92 Å². The summed E-state index contributed by atoms with van der Waals surface area (Å²) in [6.45, 7) is 2.18. The van der Waals surface area contributed by atoms with Crippen LogP contribution in [0, 0.1) is 6.92 Å². The third kappa shape index (κ3) is 2.23. The summed E-state index contributed by atoms with van der Waals surface area (Å²) in [7, 11) is -0.435. The Bertz CT molecular complexity index is 811. The zero-order chi connectivity index (χ0) is 14.9. The Morgan fingerprint density at radius 3 is 2.32 bits per heavy atom. The molecule has 22 heavy (non-hydrogen) atoms. The summed E-state index contributed by atoms with van der Waals surface area (Å²) in [5.74, 6) is 1.05. The second kappa shape index (κ2) is 5.59. The summed E-state index contributed by atoms with van der Waals surface area (Å²) in [5, 5.41) is 2.77. The first kappa shape index (κ1) is 13.5. The second-order valence-electron chi connectivity index (χ2n) is 5.50. The van der Waals surface area contributed by atoms with Gasteiger partial charge in [-0.05, 0) is 42.9 Å². The van der Waals surface area contributed by atoms with E-state index in [0.717, 1.165) is 12.1 Å². The fourth-order valence-corrected chi connectivity index (χ4v) is 5.25. The monoisotopic (exact) mass is 304 g/mol. The Morgan fingerprint density at radius 1 is 0.773 bits per heavy atom. The lowest BCUT2D eigenvalue weighted by Gasteiger charge is -2.15. The van der Waals surface area contributed by atoms with Gasteiger partial charge in [0, 0.05) is 5.30 Å². The average Bonchev–Trinajstić information content (AvgIpc) is 3.00. The van der Waals surface area contributed by atoms with Crippen molar-refractivity contribution < 1.29 is 4.74 Å². The number of ether oxygens (including phenoxy) is 1. The number of fused-ring (bicyclic) bond motifs is 1. The van der Waals surface area contributed by atoms with Crippen molar-refractivity contribution in [2.45, 2.75) is 6.92 Å². The van der Waals surface area contributed by atoms with Crippen LogP contribution in [0.3, 0.4) is 0 Å². The van der Waals surface area contributed by atoms with E-state index in [4.69, 9.17) is 4.74 Å². The van der Waals surface area contributed by atoms with Crippen LogP contribution in [0.5, 0.6) is 5.75 Å². The molecule has 0 bridgehead atoms. The highest BCUT2D eigenvalue weighted by Crippen LogP contribution is 2.46. The lowest BCUT2D eigenvalue weighted by atomic mass is 10.0. The molecule has 1 atom stereocenters. The van der Waals surface area contributed by atoms with Crippen molar-refractivity contribution in [1.29, 1.82) is 0 Å². The Balaban J connectivity index is 1.90. The van der Waals surface area contributed by atoms with E-state index in [1.807, 2.05) is 0 Å². The standard InChI is InChI=1S/C20H17OP/c1-15-8-5-6-11-17(15)18-12-7-13-19-20(18)22(14-21-19)16-9-3-2-4-10-16/h2-13H,14H2,1H3/t22-/m1/s1. The van der Waals surface area contributed by atoms with Gasteiger partial charge in [-0.1, -0.05) is 66.7 Å². The van der Waals surface area contributed by atoms with Crippen molar-refractivity contribution >= 4 is 18.5 Å². The fourth-order valence-electron chi connectivity index (χ4n) is 3.02. The Labute approximate surface area is 132 Å². The van der Waals surface area contributed by atoms with Crippen molar-refractivity contribution in [2.24, 2.45) is 0 Å². The van der Waals surface area contributed by atoms with Crippen LogP contribution in [0.15, 0.2) is 72.8 Å². The molecule has 0 saturated carbocycles. The smallest absolute Gasteiger partial charge is 0.128 e. The van der Waals surface area contributed by atoms with Crippen molar-refractivity contribution in [3.05, 3.63) is 78.4 Å². The van der Waals surface area contributed by atoms with Crippen LogP contribution in [-0.2, 0) is 0 Å². The van der Waals surface area contributed by atoms with Crippen molar-refractivity contribution in [3.8, 4) is 16.9 Å². The van der Waals surface area contributed by atoms with Gasteiger partial charge in [0.15, 0.2) is 0 Å². The minimum Gasteiger partial charge on any atom is -0.488 e. The zero-order valence-electron chi connectivity index (χ0n) is 12.5. The summed E-state index contributed by atoms with van der Waals surface area (Å²) >= 11 is 0. The first-order valence-corrected chi connectivity index (χ1v) is 9.02. The topological polar surface area (TPSA) is 9.23 Å². The molecule has 0 unspecified atom stereocenters. The summed E-state index contributed by atoms with van der Waals surface area (Å²) in [4.78, 5) is 0. The molecular formula is C20H17OP. The highest BCUT2D eigenvalue weighted by Gasteiger charge is 2.28. The lowest BCUT2D eigenvalue weighted by molar-refractivity contribution is 0.403. The molecular weight excluding hydrogens is 287 g/mol. The van der Waals surface area contributed by atoms with E-state index in [2.05, 4.69) is 79.7 Å². The number of hydrogen-bond donors (Lipinski definition) is 0. The maximum absolute atomic E-state index is 6.00. The van der Waals surface area contributed by atoms with Crippen molar-refractivity contribution in [3.63, 3.8) is 0 Å². The quantitative estimate of drug-likeness (QED) is 0.636. The Hall–Kier alpha value is -2.11. The van der Waals surface area contributed by atoms with Gasteiger partial charge in [-0.3, -0.25) is 0 Å². The SMILES string of the molecule is Cc1ccccc1-c1cccc2c1[P@@](c1ccccc1)CO2. The van der Waals surface area contributed by atoms with E-state index in [-0.39, 0.29) is 0 Å². The predicted octanol–water partition coefficient (Wildman–Crippen LogP) is 4.44. The molecule has 1 nitrogen and oxygen atoms in total. The molecule has 4 rings (SSSR count). The van der Waals surface area contributed by atoms with Gasteiger partial charge in [-0.15, -0.1) is 0 Å². The molecule has 0 aliphatic carbocycles. The van der Waals surface area contributed by atoms with Gasteiger partial charge in [0.05, 0.1) is 0 Å². The van der Waals surface area contributed by atoms with Crippen molar-refractivity contribution in [1.82, 2.24) is 0 Å². The summed E-state index contributed by atoms with van der Waals surface area (Å²) in [6.07, 6.45) is 0.789. The molecule has 0 spiro atoms. The minimum atomic E-state index is -0.435. The van der Waals surface area contributed by atoms with Gasteiger partial charge >= 0.3 is 0 Å². The first-order valence-electron chi connectivity index (χ1n) is 7.49. The minimum absolute atomic E-state index is 0.435. The van der Waals surface area contributed by atoms with Crippen LogP contribution in [0.2, 0.25) is 0 Å². The van der Waals surface area contributed by atoms with E-state index in [0.29, 0.717) is 0 Å². The lowest BCUT2D eigenvalue weighted by Crippen LogP contribution is -2.11. The maximum atomic E-state index is 6.00. The van der Waals surface area contributed by atoms with Gasteiger partial charge in [0.1, 0.15) is 12.1 Å². The molecule has 0 radical (unpaired) electrons. The summed E-state index contributed by atoms with van der Waals surface area (Å²) < 4.78 is 6.00. The Morgan fingerprint density at radius 2 is 1.50 bits per heavy atom. The second-order valence-corrected chi connectivity index (χ2v) is 7.58. The predicted molar refractivity (Wildman–Crippen MR) is 94.7 cm³/mol. The molecule has 0 aromatic heterocycles. The fraction of sp³-hybridized carbons (Fsp3) is 0.100. The van der Waals surface area contributed by atoms with Gasteiger partial charge in [-0.25, -0.2) is 0 Å². The number of aryl methyl sites for hydroxylation is 1. The van der Waals surface area contributed by atoms with E-state index in [1.54, 1.807) is 0 Å². The number of hydrogen-bond acceptors (Lipinski definition) is 1. The third-order valence-corrected chi connectivity index (χ3v) is 6.43. The normalized spacial score (nSPS) is 16.1. The highest BCUT2D eigenvalue weighted by atomic mass is 31.1. The largest absolute Gasteiger partial charge is 0.488 e. The summed E-state index contributed by atoms with van der Waals surface area (Å²) in [6, 6.07) is 25.8. The van der Waals surface area contributed by atoms with E-state index < -0.39 is 7.92 Å². The number of benzene rings is 3. The molecule has 2 heteroatoms. The third-order valence-electron chi connectivity index (χ3n) is 4.12. The van der Waals surface area contributed by atoms with Gasteiger partial charge in [0.25, 0.3) is 0 Å². The molecule has 108 valence electrons. The maximum Gasteiger partial charge on any atom is 0.128 e. The van der Waals surface area contributed by atoms with Crippen LogP contribution in [0.1, 0.15) is 5.56 Å².